The van der Waals surface area contributed by atoms with E-state index >= 15 is 0 Å². The molecular weight excluding hydrogens is 430 g/mol. The fourth-order valence-electron chi connectivity index (χ4n) is 2.99. The van der Waals surface area contributed by atoms with Crippen LogP contribution in [-0.2, 0) is 11.8 Å². The van der Waals surface area contributed by atoms with Gasteiger partial charge in [0.25, 0.3) is 5.91 Å². The van der Waals surface area contributed by atoms with Crippen molar-refractivity contribution in [3.8, 4) is 0 Å². The monoisotopic (exact) mass is 455 g/mol. The highest BCUT2D eigenvalue weighted by Gasteiger charge is 2.19. The number of aromatic nitrogens is 3. The maximum absolute atomic E-state index is 12.5. The fraction of sp³-hybridized carbons (Fsp3) is 0.273. The zero-order valence-corrected chi connectivity index (χ0v) is 19.5. The Balaban J connectivity index is 1.57. The Morgan fingerprint density at radius 3 is 2.65 bits per heavy atom. The van der Waals surface area contributed by atoms with Gasteiger partial charge in [-0.3, -0.25) is 9.59 Å². The van der Waals surface area contributed by atoms with Crippen molar-refractivity contribution in [3.63, 3.8) is 0 Å². The Labute approximate surface area is 190 Å². The second kappa shape index (κ2) is 10.5. The third-order valence-electron chi connectivity index (χ3n) is 4.57. The third-order valence-corrected chi connectivity index (χ3v) is 6.32. The number of nitrogens with zero attached hydrogens (tertiary/aromatic N) is 3. The van der Waals surface area contributed by atoms with E-state index in [1.54, 1.807) is 22.4 Å². The minimum atomic E-state index is -0.331. The van der Waals surface area contributed by atoms with Gasteiger partial charge in [0.05, 0.1) is 11.8 Å². The number of thioether (sulfide) groups is 2. The molecule has 1 unspecified atom stereocenters. The number of carbonyl (C=O) groups excluding carboxylic acids is 2. The normalized spacial score (nSPS) is 11.7. The molecule has 162 valence electrons. The summed E-state index contributed by atoms with van der Waals surface area (Å²) in [6.45, 7) is 3.81. The van der Waals surface area contributed by atoms with E-state index in [4.69, 9.17) is 0 Å². The second-order valence-corrected chi connectivity index (χ2v) is 8.86. The van der Waals surface area contributed by atoms with Crippen molar-refractivity contribution in [2.75, 3.05) is 17.3 Å². The molecule has 0 aliphatic heterocycles. The molecule has 0 bridgehead atoms. The van der Waals surface area contributed by atoms with Crippen LogP contribution in [0.3, 0.4) is 0 Å². The molecule has 2 N–H and O–H groups in total. The summed E-state index contributed by atoms with van der Waals surface area (Å²) in [5, 5.41) is 14.8. The summed E-state index contributed by atoms with van der Waals surface area (Å²) in [7, 11) is 1.83. The van der Waals surface area contributed by atoms with Gasteiger partial charge in [-0.1, -0.05) is 35.5 Å². The molecule has 1 heterocycles. The van der Waals surface area contributed by atoms with E-state index in [0.717, 1.165) is 16.1 Å². The van der Waals surface area contributed by atoms with Crippen LogP contribution >= 0.6 is 23.5 Å². The minimum Gasteiger partial charge on any atom is -0.342 e. The van der Waals surface area contributed by atoms with Gasteiger partial charge in [-0.05, 0) is 50.4 Å². The number of amides is 2. The lowest BCUT2D eigenvalue weighted by Crippen LogP contribution is -2.28. The molecule has 3 rings (SSSR count). The SMILES string of the molecule is CSc1cccc(NC(=O)CSc2nnc(C(C)NC(=O)c3cccc(C)c3)n2C)c1. The molecule has 3 aromatic rings. The average Bonchev–Trinajstić information content (AvgIpc) is 3.12. The number of carbonyl (C=O) groups is 2. The van der Waals surface area contributed by atoms with E-state index < -0.39 is 0 Å². The van der Waals surface area contributed by atoms with Crippen LogP contribution in [0.2, 0.25) is 0 Å². The van der Waals surface area contributed by atoms with Crippen LogP contribution in [0.4, 0.5) is 5.69 Å². The molecule has 0 aliphatic rings. The summed E-state index contributed by atoms with van der Waals surface area (Å²) in [5.41, 5.74) is 2.39. The van der Waals surface area contributed by atoms with Crippen LogP contribution in [0.1, 0.15) is 34.7 Å². The molecule has 0 saturated heterocycles. The molecule has 2 amide bonds. The summed E-state index contributed by atoms with van der Waals surface area (Å²) in [5.74, 6) is 0.546. The summed E-state index contributed by atoms with van der Waals surface area (Å²) >= 11 is 2.92. The van der Waals surface area contributed by atoms with Crippen molar-refractivity contribution in [3.05, 3.63) is 65.5 Å². The van der Waals surface area contributed by atoms with Gasteiger partial charge in [-0.15, -0.1) is 22.0 Å². The van der Waals surface area contributed by atoms with Gasteiger partial charge in [0.2, 0.25) is 5.91 Å². The Hall–Kier alpha value is -2.78. The molecule has 7 nitrogen and oxygen atoms in total. The number of anilines is 1. The first-order chi connectivity index (χ1) is 14.9. The second-order valence-electron chi connectivity index (χ2n) is 7.03. The summed E-state index contributed by atoms with van der Waals surface area (Å²) in [4.78, 5) is 25.9. The first-order valence-corrected chi connectivity index (χ1v) is 11.9. The van der Waals surface area contributed by atoms with E-state index in [1.165, 1.54) is 11.8 Å². The molecule has 1 atom stereocenters. The number of hydrogen-bond acceptors (Lipinski definition) is 6. The number of aryl methyl sites for hydroxylation is 1. The number of benzene rings is 2. The molecule has 1 aromatic heterocycles. The molecule has 31 heavy (non-hydrogen) atoms. The molecule has 0 radical (unpaired) electrons. The lowest BCUT2D eigenvalue weighted by molar-refractivity contribution is -0.113. The standard InChI is InChI=1S/C22H25N5O2S2/c1-14-7-5-8-16(11-14)21(29)23-15(2)20-25-26-22(27(20)3)31-13-19(28)24-17-9-6-10-18(12-17)30-4/h5-12,15H,13H2,1-4H3,(H,23,29)(H,24,28). The Morgan fingerprint density at radius 1 is 1.13 bits per heavy atom. The van der Waals surface area contributed by atoms with Crippen molar-refractivity contribution in [2.24, 2.45) is 7.05 Å². The van der Waals surface area contributed by atoms with Gasteiger partial charge in [-0.2, -0.15) is 0 Å². The number of hydrogen-bond donors (Lipinski definition) is 2. The average molecular weight is 456 g/mol. The highest BCUT2D eigenvalue weighted by atomic mass is 32.2. The molecule has 0 spiro atoms. The van der Waals surface area contributed by atoms with Gasteiger partial charge < -0.3 is 15.2 Å². The van der Waals surface area contributed by atoms with Gasteiger partial charge in [0, 0.05) is 23.2 Å². The van der Waals surface area contributed by atoms with Gasteiger partial charge in [-0.25, -0.2) is 0 Å². The van der Waals surface area contributed by atoms with Crippen LogP contribution in [0.15, 0.2) is 58.6 Å². The lowest BCUT2D eigenvalue weighted by atomic mass is 10.1. The molecule has 0 saturated carbocycles. The van der Waals surface area contributed by atoms with E-state index in [-0.39, 0.29) is 23.6 Å². The first-order valence-electron chi connectivity index (χ1n) is 9.71. The molecule has 9 heteroatoms. The van der Waals surface area contributed by atoms with E-state index in [0.29, 0.717) is 16.5 Å². The smallest absolute Gasteiger partial charge is 0.251 e. The maximum Gasteiger partial charge on any atom is 0.251 e. The van der Waals surface area contributed by atoms with Crippen molar-refractivity contribution >= 4 is 41.0 Å². The molecular formula is C22H25N5O2S2. The van der Waals surface area contributed by atoms with E-state index in [1.807, 2.05) is 69.6 Å². The first kappa shape index (κ1) is 22.9. The molecule has 0 fully saturated rings. The topological polar surface area (TPSA) is 88.9 Å². The van der Waals surface area contributed by atoms with Crippen molar-refractivity contribution in [2.45, 2.75) is 29.9 Å². The predicted molar refractivity (Wildman–Crippen MR) is 126 cm³/mol. The maximum atomic E-state index is 12.5. The van der Waals surface area contributed by atoms with E-state index in [2.05, 4.69) is 20.8 Å². The van der Waals surface area contributed by atoms with Crippen LogP contribution in [-0.4, -0.2) is 38.6 Å². The Bertz CT molecular complexity index is 1080. The minimum absolute atomic E-state index is 0.117. The Kier molecular flexibility index (Phi) is 7.75. The zero-order chi connectivity index (χ0) is 22.4. The van der Waals surface area contributed by atoms with E-state index in [9.17, 15) is 9.59 Å². The van der Waals surface area contributed by atoms with Crippen LogP contribution in [0.5, 0.6) is 0 Å². The zero-order valence-electron chi connectivity index (χ0n) is 17.9. The molecule has 2 aromatic carbocycles. The van der Waals surface area contributed by atoms with Gasteiger partial charge in [0.1, 0.15) is 0 Å². The van der Waals surface area contributed by atoms with Crippen molar-refractivity contribution in [1.29, 1.82) is 0 Å². The Morgan fingerprint density at radius 2 is 1.90 bits per heavy atom. The van der Waals surface area contributed by atoms with Crippen LogP contribution < -0.4 is 10.6 Å². The van der Waals surface area contributed by atoms with Gasteiger partial charge >= 0.3 is 0 Å². The number of rotatable bonds is 8. The third kappa shape index (κ3) is 6.11. The summed E-state index contributed by atoms with van der Waals surface area (Å²) in [6.07, 6.45) is 1.99. The highest BCUT2D eigenvalue weighted by Crippen LogP contribution is 2.21. The quantitative estimate of drug-likeness (QED) is 0.498. The fourth-order valence-corrected chi connectivity index (χ4v) is 4.17. The summed E-state index contributed by atoms with van der Waals surface area (Å²) < 4.78 is 1.80. The summed E-state index contributed by atoms with van der Waals surface area (Å²) in [6, 6.07) is 14.8. The predicted octanol–water partition coefficient (Wildman–Crippen LogP) is 4.07. The number of nitrogens with one attached hydrogen (secondary N) is 2. The lowest BCUT2D eigenvalue weighted by Gasteiger charge is -2.14. The van der Waals surface area contributed by atoms with Crippen molar-refractivity contribution in [1.82, 2.24) is 20.1 Å². The highest BCUT2D eigenvalue weighted by molar-refractivity contribution is 7.99. The van der Waals surface area contributed by atoms with Crippen LogP contribution in [0, 0.1) is 6.92 Å². The largest absolute Gasteiger partial charge is 0.342 e. The van der Waals surface area contributed by atoms with Crippen LogP contribution in [0.25, 0.3) is 0 Å². The van der Waals surface area contributed by atoms with Crippen molar-refractivity contribution < 1.29 is 9.59 Å². The van der Waals surface area contributed by atoms with Gasteiger partial charge in [0.15, 0.2) is 11.0 Å². The molecule has 0 aliphatic carbocycles.